The fraction of sp³-hybridized carbons (Fsp3) is 0.0526. The van der Waals surface area contributed by atoms with Crippen molar-refractivity contribution in [3.63, 3.8) is 0 Å². The molecule has 0 bridgehead atoms. The van der Waals surface area contributed by atoms with Gasteiger partial charge < -0.3 is 4.90 Å². The minimum Gasteiger partial charge on any atom is -0.345 e. The Kier molecular flexibility index (Phi) is 4.49. The molecular formula is C19H17NSi. The van der Waals surface area contributed by atoms with Gasteiger partial charge in [-0.15, -0.1) is 0 Å². The molecule has 0 aliphatic carbocycles. The minimum atomic E-state index is 0.762. The second-order valence-electron chi connectivity index (χ2n) is 4.80. The average Bonchev–Trinajstić information content (AvgIpc) is 2.58. The molecule has 0 saturated carbocycles. The molecule has 2 radical (unpaired) electrons. The maximum Gasteiger partial charge on any atom is 0.106 e. The highest BCUT2D eigenvalue weighted by molar-refractivity contribution is 6.54. The summed E-state index contributed by atoms with van der Waals surface area (Å²) in [5.41, 5.74) is 2.49. The predicted molar refractivity (Wildman–Crippen MR) is 91.7 cm³/mol. The number of hydrogen-bond acceptors (Lipinski definition) is 1. The van der Waals surface area contributed by atoms with Crippen LogP contribution in [0.15, 0.2) is 91.0 Å². The van der Waals surface area contributed by atoms with Crippen molar-refractivity contribution >= 4 is 26.1 Å². The van der Waals surface area contributed by atoms with Crippen molar-refractivity contribution in [3.8, 4) is 0 Å². The second kappa shape index (κ2) is 6.91. The molecule has 0 saturated heterocycles. The zero-order chi connectivity index (χ0) is 14.3. The normalized spacial score (nSPS) is 10.3. The van der Waals surface area contributed by atoms with Crippen LogP contribution < -0.4 is 10.1 Å². The summed E-state index contributed by atoms with van der Waals surface area (Å²) < 4.78 is 0. The molecule has 1 nitrogen and oxygen atoms in total. The molecule has 3 rings (SSSR count). The second-order valence-corrected chi connectivity index (χ2v) is 6.05. The molecule has 3 aromatic carbocycles. The quantitative estimate of drug-likeness (QED) is 0.645. The lowest BCUT2D eigenvalue weighted by Gasteiger charge is -2.25. The average molecular weight is 287 g/mol. The van der Waals surface area contributed by atoms with Gasteiger partial charge in [-0.25, -0.2) is 0 Å². The lowest BCUT2D eigenvalue weighted by Crippen LogP contribution is -2.29. The van der Waals surface area contributed by atoms with Gasteiger partial charge in [-0.3, -0.25) is 0 Å². The molecule has 21 heavy (non-hydrogen) atoms. The first-order chi connectivity index (χ1) is 10.4. The highest BCUT2D eigenvalue weighted by Gasteiger charge is 2.09. The van der Waals surface area contributed by atoms with Crippen LogP contribution in [0.1, 0.15) is 0 Å². The summed E-state index contributed by atoms with van der Waals surface area (Å²) >= 11 is 0. The van der Waals surface area contributed by atoms with Crippen LogP contribution in [0.2, 0.25) is 0 Å². The number of benzene rings is 3. The fourth-order valence-electron chi connectivity index (χ4n) is 2.27. The first-order valence-electron chi connectivity index (χ1n) is 7.10. The van der Waals surface area contributed by atoms with Gasteiger partial charge in [0, 0.05) is 17.5 Å². The molecule has 0 aliphatic heterocycles. The summed E-state index contributed by atoms with van der Waals surface area (Å²) in [5, 5.41) is 1.40. The Morgan fingerprint density at radius 2 is 1.00 bits per heavy atom. The summed E-state index contributed by atoms with van der Waals surface area (Å²) in [4.78, 5) is 2.38. The molecule has 0 fully saturated rings. The van der Waals surface area contributed by atoms with E-state index < -0.39 is 0 Å². The molecule has 0 heterocycles. The Labute approximate surface area is 128 Å². The Balaban J connectivity index is 1.83. The Hall–Kier alpha value is -2.32. The molecule has 0 atom stereocenters. The highest BCUT2D eigenvalue weighted by atomic mass is 28.2. The zero-order valence-electron chi connectivity index (χ0n) is 11.8. The molecule has 0 spiro atoms. The summed E-state index contributed by atoms with van der Waals surface area (Å²) in [6.45, 7) is 0. The maximum absolute atomic E-state index is 2.38. The van der Waals surface area contributed by atoms with Gasteiger partial charge >= 0.3 is 0 Å². The molecule has 0 aromatic heterocycles. The highest BCUT2D eigenvalue weighted by Crippen LogP contribution is 2.23. The van der Waals surface area contributed by atoms with Gasteiger partial charge in [-0.05, 0) is 24.3 Å². The van der Waals surface area contributed by atoms with Crippen molar-refractivity contribution in [3.05, 3.63) is 91.0 Å². The van der Waals surface area contributed by atoms with E-state index in [-0.39, 0.29) is 0 Å². The lowest BCUT2D eigenvalue weighted by molar-refractivity contribution is 1.16. The van der Waals surface area contributed by atoms with E-state index in [0.717, 1.165) is 15.7 Å². The first kappa shape index (κ1) is 13.7. The molecule has 2 heteroatoms. The minimum absolute atomic E-state index is 0.762. The van der Waals surface area contributed by atoms with Crippen molar-refractivity contribution in [2.45, 2.75) is 0 Å². The molecule has 0 aliphatic rings. The van der Waals surface area contributed by atoms with E-state index >= 15 is 0 Å². The van der Waals surface area contributed by atoms with Gasteiger partial charge in [0.25, 0.3) is 0 Å². The Morgan fingerprint density at radius 1 is 0.571 bits per heavy atom. The van der Waals surface area contributed by atoms with Gasteiger partial charge in [-0.2, -0.15) is 0 Å². The molecular weight excluding hydrogens is 270 g/mol. The van der Waals surface area contributed by atoms with Crippen molar-refractivity contribution in [2.75, 3.05) is 11.1 Å². The predicted octanol–water partition coefficient (Wildman–Crippen LogP) is 3.81. The van der Waals surface area contributed by atoms with E-state index in [0.29, 0.717) is 0 Å². The SMILES string of the molecule is c1ccc([Si]CN(c2ccccc2)c2ccccc2)cc1. The van der Waals surface area contributed by atoms with E-state index in [2.05, 4.69) is 95.9 Å². The van der Waals surface area contributed by atoms with E-state index in [4.69, 9.17) is 0 Å². The topological polar surface area (TPSA) is 3.24 Å². The number of hydrogen-bond donors (Lipinski definition) is 0. The monoisotopic (exact) mass is 287 g/mol. The van der Waals surface area contributed by atoms with Crippen LogP contribution in [0.25, 0.3) is 0 Å². The van der Waals surface area contributed by atoms with Gasteiger partial charge in [0.15, 0.2) is 0 Å². The van der Waals surface area contributed by atoms with Crippen molar-refractivity contribution in [1.82, 2.24) is 0 Å². The Morgan fingerprint density at radius 3 is 1.48 bits per heavy atom. The molecule has 102 valence electrons. The van der Waals surface area contributed by atoms with Crippen LogP contribution in [0.5, 0.6) is 0 Å². The van der Waals surface area contributed by atoms with Crippen LogP contribution in [-0.4, -0.2) is 15.7 Å². The summed E-state index contributed by atoms with van der Waals surface area (Å²) in [6.07, 6.45) is 0.998. The molecule has 0 N–H and O–H groups in total. The summed E-state index contributed by atoms with van der Waals surface area (Å²) in [6, 6.07) is 31.9. The number of para-hydroxylation sites is 2. The number of anilines is 2. The zero-order valence-corrected chi connectivity index (χ0v) is 12.8. The maximum atomic E-state index is 2.38. The van der Waals surface area contributed by atoms with Crippen molar-refractivity contribution < 1.29 is 0 Å². The van der Waals surface area contributed by atoms with Crippen LogP contribution >= 0.6 is 0 Å². The van der Waals surface area contributed by atoms with E-state index in [9.17, 15) is 0 Å². The molecule has 0 unspecified atom stereocenters. The van der Waals surface area contributed by atoms with Crippen LogP contribution in [0, 0.1) is 0 Å². The smallest absolute Gasteiger partial charge is 0.106 e. The van der Waals surface area contributed by atoms with Gasteiger partial charge in [-0.1, -0.05) is 71.9 Å². The fourth-order valence-corrected chi connectivity index (χ4v) is 3.41. The van der Waals surface area contributed by atoms with Crippen LogP contribution in [0.3, 0.4) is 0 Å². The molecule has 0 amide bonds. The van der Waals surface area contributed by atoms with E-state index in [1.807, 2.05) is 0 Å². The first-order valence-corrected chi connectivity index (χ1v) is 8.31. The lowest BCUT2D eigenvalue weighted by atomic mass is 10.2. The van der Waals surface area contributed by atoms with Gasteiger partial charge in [0.1, 0.15) is 9.52 Å². The van der Waals surface area contributed by atoms with E-state index in [1.165, 1.54) is 16.6 Å². The summed E-state index contributed by atoms with van der Waals surface area (Å²) in [7, 11) is 0.762. The van der Waals surface area contributed by atoms with Gasteiger partial charge in [0.05, 0.1) is 0 Å². The van der Waals surface area contributed by atoms with Gasteiger partial charge in [0.2, 0.25) is 0 Å². The third-order valence-electron chi connectivity index (χ3n) is 3.35. The third kappa shape index (κ3) is 3.61. The number of nitrogens with zero attached hydrogens (tertiary/aromatic N) is 1. The largest absolute Gasteiger partial charge is 0.345 e. The standard InChI is InChI=1S/C19H17NSi/c1-4-10-17(11-5-1)20(18-12-6-2-7-13-18)16-21-19-14-8-3-9-15-19/h1-15H,16H2. The van der Waals surface area contributed by atoms with Crippen molar-refractivity contribution in [1.29, 1.82) is 0 Å². The van der Waals surface area contributed by atoms with E-state index in [1.54, 1.807) is 0 Å². The van der Waals surface area contributed by atoms with Crippen LogP contribution in [0.4, 0.5) is 11.4 Å². The Bertz CT molecular complexity index is 613. The molecule has 3 aromatic rings. The van der Waals surface area contributed by atoms with Crippen molar-refractivity contribution in [2.24, 2.45) is 0 Å². The van der Waals surface area contributed by atoms with Crippen LogP contribution in [-0.2, 0) is 0 Å². The summed E-state index contributed by atoms with van der Waals surface area (Å²) in [5.74, 6) is 0. The third-order valence-corrected chi connectivity index (χ3v) is 4.57. The number of rotatable bonds is 5.